The second kappa shape index (κ2) is 5.13. The van der Waals surface area contributed by atoms with Crippen LogP contribution in [0.1, 0.15) is 12.5 Å². The molecule has 0 spiro atoms. The first-order valence-electron chi connectivity index (χ1n) is 5.92. The molecular formula is C15H18Si. The van der Waals surface area contributed by atoms with Crippen molar-refractivity contribution < 1.29 is 0 Å². The second-order valence-electron chi connectivity index (χ2n) is 4.28. The van der Waals surface area contributed by atoms with Gasteiger partial charge in [-0.05, 0) is 6.92 Å². The summed E-state index contributed by atoms with van der Waals surface area (Å²) in [5.41, 5.74) is 1.35. The Morgan fingerprint density at radius 3 is 1.94 bits per heavy atom. The SMILES string of the molecule is CC[SiH](c1ccccc1)c1ccc(C)cc1. The van der Waals surface area contributed by atoms with Crippen molar-refractivity contribution in [1.29, 1.82) is 0 Å². The first-order valence-corrected chi connectivity index (χ1v) is 7.90. The maximum Gasteiger partial charge on any atom is 0.102 e. The van der Waals surface area contributed by atoms with Crippen molar-refractivity contribution in [3.05, 3.63) is 60.2 Å². The molecule has 82 valence electrons. The van der Waals surface area contributed by atoms with Crippen LogP contribution in [0.5, 0.6) is 0 Å². The molecule has 1 unspecified atom stereocenters. The van der Waals surface area contributed by atoms with E-state index in [2.05, 4.69) is 68.4 Å². The van der Waals surface area contributed by atoms with Gasteiger partial charge in [0, 0.05) is 0 Å². The third-order valence-corrected chi connectivity index (χ3v) is 6.29. The normalized spacial score (nSPS) is 12.4. The Balaban J connectivity index is 2.33. The largest absolute Gasteiger partial charge is 0.102 e. The zero-order valence-corrected chi connectivity index (χ0v) is 11.1. The lowest BCUT2D eigenvalue weighted by Gasteiger charge is -2.14. The Kier molecular flexibility index (Phi) is 3.57. The van der Waals surface area contributed by atoms with Crippen LogP contribution >= 0.6 is 0 Å². The summed E-state index contributed by atoms with van der Waals surface area (Å²) in [5.74, 6) is 0. The molecule has 0 aromatic heterocycles. The lowest BCUT2D eigenvalue weighted by Crippen LogP contribution is -2.41. The summed E-state index contributed by atoms with van der Waals surface area (Å²) in [7, 11) is -0.950. The fourth-order valence-electron chi connectivity index (χ4n) is 2.15. The zero-order chi connectivity index (χ0) is 11.4. The molecular weight excluding hydrogens is 208 g/mol. The van der Waals surface area contributed by atoms with E-state index in [0.29, 0.717) is 0 Å². The van der Waals surface area contributed by atoms with Crippen molar-refractivity contribution in [3.63, 3.8) is 0 Å². The standard InChI is InChI=1S/C15H18Si/c1-3-16(14-7-5-4-6-8-14)15-11-9-13(2)10-12-15/h4-12,16H,3H2,1-2H3. The van der Waals surface area contributed by atoms with Crippen LogP contribution in [0.15, 0.2) is 54.6 Å². The summed E-state index contributed by atoms with van der Waals surface area (Å²) in [4.78, 5) is 0. The van der Waals surface area contributed by atoms with Gasteiger partial charge in [-0.1, -0.05) is 83.5 Å². The molecule has 0 heterocycles. The first-order chi connectivity index (χ1) is 7.81. The van der Waals surface area contributed by atoms with E-state index in [1.54, 1.807) is 10.4 Å². The number of benzene rings is 2. The van der Waals surface area contributed by atoms with Gasteiger partial charge in [0.1, 0.15) is 8.80 Å². The highest BCUT2D eigenvalue weighted by Crippen LogP contribution is 1.99. The molecule has 0 nitrogen and oxygen atoms in total. The second-order valence-corrected chi connectivity index (χ2v) is 7.54. The van der Waals surface area contributed by atoms with Crippen molar-refractivity contribution in [2.75, 3.05) is 0 Å². The lowest BCUT2D eigenvalue weighted by atomic mass is 10.2. The minimum atomic E-state index is -0.950. The molecule has 0 amide bonds. The smallest absolute Gasteiger partial charge is 0.0674 e. The zero-order valence-electron chi connectivity index (χ0n) is 9.98. The number of hydrogen-bond acceptors (Lipinski definition) is 0. The highest BCUT2D eigenvalue weighted by Gasteiger charge is 2.12. The van der Waals surface area contributed by atoms with Gasteiger partial charge in [0.05, 0.1) is 0 Å². The fraction of sp³-hybridized carbons (Fsp3) is 0.200. The van der Waals surface area contributed by atoms with Crippen LogP contribution in [0.2, 0.25) is 6.04 Å². The average Bonchev–Trinajstić information content (AvgIpc) is 2.34. The molecule has 0 fully saturated rings. The van der Waals surface area contributed by atoms with Gasteiger partial charge in [-0.2, -0.15) is 0 Å². The summed E-state index contributed by atoms with van der Waals surface area (Å²) >= 11 is 0. The molecule has 2 aromatic rings. The maximum atomic E-state index is 2.31. The molecule has 0 aliphatic carbocycles. The minimum absolute atomic E-state index is 0.950. The molecule has 16 heavy (non-hydrogen) atoms. The van der Waals surface area contributed by atoms with E-state index in [1.807, 2.05) is 0 Å². The van der Waals surface area contributed by atoms with E-state index in [9.17, 15) is 0 Å². The minimum Gasteiger partial charge on any atom is -0.0674 e. The molecule has 2 rings (SSSR count). The maximum absolute atomic E-state index is 2.31. The van der Waals surface area contributed by atoms with Crippen LogP contribution in [-0.2, 0) is 0 Å². The van der Waals surface area contributed by atoms with Crippen molar-refractivity contribution in [2.24, 2.45) is 0 Å². The molecule has 1 heteroatoms. The van der Waals surface area contributed by atoms with Crippen molar-refractivity contribution >= 4 is 19.2 Å². The Morgan fingerprint density at radius 2 is 1.38 bits per heavy atom. The van der Waals surface area contributed by atoms with E-state index in [4.69, 9.17) is 0 Å². The van der Waals surface area contributed by atoms with E-state index in [0.717, 1.165) is 0 Å². The molecule has 0 saturated heterocycles. The third kappa shape index (κ3) is 2.42. The van der Waals surface area contributed by atoms with Crippen LogP contribution < -0.4 is 10.4 Å². The number of aryl methyl sites for hydroxylation is 1. The molecule has 0 radical (unpaired) electrons. The number of hydrogen-bond donors (Lipinski definition) is 0. The predicted octanol–water partition coefficient (Wildman–Crippen LogP) is 2.36. The summed E-state index contributed by atoms with van der Waals surface area (Å²) in [6.45, 7) is 4.46. The van der Waals surface area contributed by atoms with E-state index >= 15 is 0 Å². The molecule has 0 saturated carbocycles. The molecule has 2 aromatic carbocycles. The molecule has 0 aliphatic rings. The van der Waals surface area contributed by atoms with Crippen LogP contribution in [0.25, 0.3) is 0 Å². The van der Waals surface area contributed by atoms with Gasteiger partial charge in [-0.3, -0.25) is 0 Å². The highest BCUT2D eigenvalue weighted by molar-refractivity contribution is 6.85. The Morgan fingerprint density at radius 1 is 0.812 bits per heavy atom. The first kappa shape index (κ1) is 11.2. The lowest BCUT2D eigenvalue weighted by molar-refractivity contribution is 1.43. The van der Waals surface area contributed by atoms with E-state index < -0.39 is 8.80 Å². The molecule has 0 aliphatic heterocycles. The van der Waals surface area contributed by atoms with Gasteiger partial charge < -0.3 is 0 Å². The fourth-order valence-corrected chi connectivity index (χ4v) is 4.82. The van der Waals surface area contributed by atoms with E-state index in [-0.39, 0.29) is 0 Å². The number of rotatable bonds is 3. The summed E-state index contributed by atoms with van der Waals surface area (Å²) in [5, 5.41) is 3.10. The van der Waals surface area contributed by atoms with E-state index in [1.165, 1.54) is 11.6 Å². The summed E-state index contributed by atoms with van der Waals surface area (Å²) < 4.78 is 0. The Hall–Kier alpha value is -1.34. The van der Waals surface area contributed by atoms with Crippen molar-refractivity contribution in [2.45, 2.75) is 19.9 Å². The van der Waals surface area contributed by atoms with Crippen LogP contribution in [0.4, 0.5) is 0 Å². The van der Waals surface area contributed by atoms with Crippen LogP contribution in [-0.4, -0.2) is 8.80 Å². The monoisotopic (exact) mass is 226 g/mol. The van der Waals surface area contributed by atoms with Gasteiger partial charge in [0.15, 0.2) is 0 Å². The molecule has 1 atom stereocenters. The molecule has 0 bridgehead atoms. The highest BCUT2D eigenvalue weighted by atomic mass is 28.3. The quantitative estimate of drug-likeness (QED) is 0.705. The van der Waals surface area contributed by atoms with Gasteiger partial charge in [0.25, 0.3) is 0 Å². The van der Waals surface area contributed by atoms with Gasteiger partial charge in [-0.25, -0.2) is 0 Å². The van der Waals surface area contributed by atoms with Crippen LogP contribution in [0.3, 0.4) is 0 Å². The van der Waals surface area contributed by atoms with Gasteiger partial charge in [0.2, 0.25) is 0 Å². The van der Waals surface area contributed by atoms with Gasteiger partial charge in [-0.15, -0.1) is 0 Å². The van der Waals surface area contributed by atoms with Crippen LogP contribution in [0, 0.1) is 6.92 Å². The molecule has 0 N–H and O–H groups in total. The third-order valence-electron chi connectivity index (χ3n) is 3.09. The van der Waals surface area contributed by atoms with Crippen molar-refractivity contribution in [3.8, 4) is 0 Å². The predicted molar refractivity (Wildman–Crippen MR) is 74.5 cm³/mol. The summed E-state index contributed by atoms with van der Waals surface area (Å²) in [6.07, 6.45) is 0. The Bertz CT molecular complexity index is 431. The summed E-state index contributed by atoms with van der Waals surface area (Å²) in [6, 6.07) is 21.3. The van der Waals surface area contributed by atoms with Crippen molar-refractivity contribution in [1.82, 2.24) is 0 Å². The van der Waals surface area contributed by atoms with Gasteiger partial charge >= 0.3 is 0 Å². The Labute approximate surface area is 99.6 Å². The topological polar surface area (TPSA) is 0 Å². The average molecular weight is 226 g/mol.